The highest BCUT2D eigenvalue weighted by molar-refractivity contribution is 4.65. The van der Waals surface area contributed by atoms with E-state index >= 15 is 0 Å². The molecule has 0 spiro atoms. The average molecular weight is 129 g/mol. The minimum absolute atomic E-state index is 0.169. The van der Waals surface area contributed by atoms with Crippen molar-refractivity contribution in [2.45, 2.75) is 33.3 Å². The highest BCUT2D eigenvalue weighted by atomic mass is 16.3. The fourth-order valence-electron chi connectivity index (χ4n) is 0.684. The van der Waals surface area contributed by atoms with Crippen molar-refractivity contribution < 1.29 is 5.11 Å². The fourth-order valence-corrected chi connectivity index (χ4v) is 0.684. The van der Waals surface area contributed by atoms with Crippen molar-refractivity contribution in [1.82, 2.24) is 0 Å². The molecule has 2 unspecified atom stereocenters. The molecule has 1 N–H and O–H groups in total. The Morgan fingerprint density at radius 1 is 1.33 bits per heavy atom. The van der Waals surface area contributed by atoms with Crippen LogP contribution in [0.1, 0.15) is 27.2 Å². The van der Waals surface area contributed by atoms with E-state index in [4.69, 9.17) is 0 Å². The Bertz CT molecular complexity index is 67.0. The van der Waals surface area contributed by atoms with E-state index in [-0.39, 0.29) is 6.10 Å². The smallest absolute Gasteiger partial charge is 0.0565 e. The van der Waals surface area contributed by atoms with Gasteiger partial charge >= 0.3 is 0 Å². The van der Waals surface area contributed by atoms with Gasteiger partial charge in [0.1, 0.15) is 0 Å². The Morgan fingerprint density at radius 3 is 1.89 bits per heavy atom. The Labute approximate surface area is 58.1 Å². The summed E-state index contributed by atoms with van der Waals surface area (Å²) < 4.78 is 0. The molecule has 0 aromatic carbocycles. The molecule has 9 heavy (non-hydrogen) atoms. The summed E-state index contributed by atoms with van der Waals surface area (Å²) in [7, 11) is 0. The van der Waals surface area contributed by atoms with Gasteiger partial charge in [0, 0.05) is 0 Å². The third kappa shape index (κ3) is 4.46. The van der Waals surface area contributed by atoms with Crippen LogP contribution >= 0.6 is 0 Å². The molecular weight excluding hydrogens is 112 g/mol. The summed E-state index contributed by atoms with van der Waals surface area (Å²) in [5.41, 5.74) is 0. The maximum Gasteiger partial charge on any atom is 0.0565 e. The van der Waals surface area contributed by atoms with E-state index < -0.39 is 0 Å². The van der Waals surface area contributed by atoms with Crippen molar-refractivity contribution >= 4 is 0 Å². The lowest BCUT2D eigenvalue weighted by Crippen LogP contribution is -2.16. The van der Waals surface area contributed by atoms with Crippen molar-refractivity contribution in [3.63, 3.8) is 0 Å². The first kappa shape index (κ1) is 8.96. The minimum Gasteiger partial charge on any atom is -0.393 e. The number of aliphatic hydroxyl groups is 1. The van der Waals surface area contributed by atoms with Gasteiger partial charge < -0.3 is 5.11 Å². The molecule has 1 heteroatoms. The monoisotopic (exact) mass is 129 g/mol. The summed E-state index contributed by atoms with van der Waals surface area (Å²) >= 11 is 0. The molecule has 0 aliphatic rings. The molecule has 0 fully saturated rings. The molecule has 0 saturated heterocycles. The Morgan fingerprint density at radius 2 is 1.78 bits per heavy atom. The zero-order chi connectivity index (χ0) is 7.44. The molecule has 0 aromatic rings. The van der Waals surface area contributed by atoms with E-state index in [2.05, 4.69) is 6.92 Å². The highest BCUT2D eigenvalue weighted by Gasteiger charge is 2.09. The zero-order valence-corrected chi connectivity index (χ0v) is 6.59. The van der Waals surface area contributed by atoms with Crippen LogP contribution in [0.2, 0.25) is 0 Å². The molecule has 0 aliphatic heterocycles. The van der Waals surface area contributed by atoms with Gasteiger partial charge in [-0.2, -0.15) is 0 Å². The highest BCUT2D eigenvalue weighted by Crippen LogP contribution is 2.11. The van der Waals surface area contributed by atoms with Gasteiger partial charge in [-0.05, 0) is 18.3 Å². The zero-order valence-electron chi connectivity index (χ0n) is 6.59. The lowest BCUT2D eigenvalue weighted by atomic mass is 9.98. The largest absolute Gasteiger partial charge is 0.393 e. The predicted octanol–water partition coefficient (Wildman–Crippen LogP) is 1.86. The van der Waals surface area contributed by atoms with Crippen molar-refractivity contribution in [2.75, 3.05) is 0 Å². The molecular formula is C8H17O. The van der Waals surface area contributed by atoms with Crippen LogP contribution in [0.5, 0.6) is 0 Å². The van der Waals surface area contributed by atoms with Crippen LogP contribution in [0.15, 0.2) is 0 Å². The molecule has 2 atom stereocenters. The second-order valence-corrected chi connectivity index (χ2v) is 3.15. The average Bonchev–Trinajstić information content (AvgIpc) is 1.63. The molecule has 1 radical (unpaired) electrons. The van der Waals surface area contributed by atoms with Crippen molar-refractivity contribution in [1.29, 1.82) is 0 Å². The SMILES string of the molecule is [CH2]C(C)CC(O)C(C)C. The topological polar surface area (TPSA) is 20.2 Å². The molecule has 0 rings (SSSR count). The number of rotatable bonds is 3. The van der Waals surface area contributed by atoms with Gasteiger partial charge in [0.15, 0.2) is 0 Å². The summed E-state index contributed by atoms with van der Waals surface area (Å²) in [5, 5.41) is 9.26. The normalized spacial score (nSPS) is 15.0. The van der Waals surface area contributed by atoms with Crippen LogP contribution in [-0.4, -0.2) is 11.2 Å². The quantitative estimate of drug-likeness (QED) is 0.616. The maximum atomic E-state index is 9.26. The Kier molecular flexibility index (Phi) is 3.87. The maximum absolute atomic E-state index is 9.26. The van der Waals surface area contributed by atoms with Crippen LogP contribution in [0.4, 0.5) is 0 Å². The Balaban J connectivity index is 3.38. The first-order valence-corrected chi connectivity index (χ1v) is 3.55. The van der Waals surface area contributed by atoms with Gasteiger partial charge in [0.25, 0.3) is 0 Å². The van der Waals surface area contributed by atoms with Gasteiger partial charge in [-0.1, -0.05) is 27.7 Å². The van der Waals surface area contributed by atoms with Crippen molar-refractivity contribution in [2.24, 2.45) is 11.8 Å². The van der Waals surface area contributed by atoms with Crippen molar-refractivity contribution in [3.8, 4) is 0 Å². The predicted molar refractivity (Wildman–Crippen MR) is 40.0 cm³/mol. The van der Waals surface area contributed by atoms with Gasteiger partial charge in [-0.25, -0.2) is 0 Å². The molecule has 0 bridgehead atoms. The number of hydrogen-bond donors (Lipinski definition) is 1. The summed E-state index contributed by atoms with van der Waals surface area (Å²) in [6.45, 7) is 9.86. The number of aliphatic hydroxyl groups excluding tert-OH is 1. The fraction of sp³-hybridized carbons (Fsp3) is 0.875. The first-order chi connectivity index (χ1) is 4.04. The summed E-state index contributed by atoms with van der Waals surface area (Å²) in [4.78, 5) is 0. The summed E-state index contributed by atoms with van der Waals surface area (Å²) in [5.74, 6) is 0.733. The van der Waals surface area contributed by atoms with E-state index in [0.29, 0.717) is 11.8 Å². The van der Waals surface area contributed by atoms with Crippen LogP contribution in [0.3, 0.4) is 0 Å². The standard InChI is InChI=1S/C8H17O/c1-6(2)5-8(9)7(3)4/h6-9H,1,5H2,2-4H3. The lowest BCUT2D eigenvalue weighted by Gasteiger charge is -2.15. The second kappa shape index (κ2) is 3.89. The van der Waals surface area contributed by atoms with Gasteiger partial charge in [0.05, 0.1) is 6.10 Å². The van der Waals surface area contributed by atoms with E-state index in [1.807, 2.05) is 20.8 Å². The van der Waals surface area contributed by atoms with Crippen LogP contribution < -0.4 is 0 Å². The van der Waals surface area contributed by atoms with E-state index in [1.165, 1.54) is 0 Å². The molecule has 55 valence electrons. The molecule has 1 nitrogen and oxygen atoms in total. The van der Waals surface area contributed by atoms with Crippen molar-refractivity contribution in [3.05, 3.63) is 6.92 Å². The summed E-state index contributed by atoms with van der Waals surface area (Å²) in [6, 6.07) is 0. The van der Waals surface area contributed by atoms with Gasteiger partial charge in [0.2, 0.25) is 0 Å². The minimum atomic E-state index is -0.169. The number of hydrogen-bond acceptors (Lipinski definition) is 1. The Hall–Kier alpha value is -0.0400. The molecule has 0 saturated carbocycles. The third-order valence-electron chi connectivity index (χ3n) is 1.41. The third-order valence-corrected chi connectivity index (χ3v) is 1.41. The van der Waals surface area contributed by atoms with E-state index in [0.717, 1.165) is 6.42 Å². The van der Waals surface area contributed by atoms with Gasteiger partial charge in [-0.3, -0.25) is 0 Å². The van der Waals surface area contributed by atoms with Gasteiger partial charge in [-0.15, -0.1) is 0 Å². The van der Waals surface area contributed by atoms with Crippen LogP contribution in [-0.2, 0) is 0 Å². The lowest BCUT2D eigenvalue weighted by molar-refractivity contribution is 0.106. The van der Waals surface area contributed by atoms with Crippen LogP contribution in [0.25, 0.3) is 0 Å². The molecule has 0 aromatic heterocycles. The van der Waals surface area contributed by atoms with E-state index in [1.54, 1.807) is 0 Å². The second-order valence-electron chi connectivity index (χ2n) is 3.15. The van der Waals surface area contributed by atoms with E-state index in [9.17, 15) is 5.11 Å². The van der Waals surface area contributed by atoms with Crippen LogP contribution in [0, 0.1) is 18.8 Å². The first-order valence-electron chi connectivity index (χ1n) is 3.55. The summed E-state index contributed by atoms with van der Waals surface area (Å²) in [6.07, 6.45) is 0.648. The molecule has 0 aliphatic carbocycles. The molecule has 0 amide bonds. The molecule has 0 heterocycles.